The molecule has 0 aromatic carbocycles. The molecule has 0 spiro atoms. The number of rotatable bonds is 3. The smallest absolute Gasteiger partial charge is 0.121 e. The van der Waals surface area contributed by atoms with Crippen molar-refractivity contribution < 1.29 is 4.79 Å². The van der Waals surface area contributed by atoms with Gasteiger partial charge in [-0.05, 0) is 7.05 Å². The zero-order valence-electron chi connectivity index (χ0n) is 4.31. The summed E-state index contributed by atoms with van der Waals surface area (Å²) in [5.41, 5.74) is 0. The second-order valence-corrected chi connectivity index (χ2v) is 1.06. The monoisotopic (exact) mass is 123 g/mol. The lowest BCUT2D eigenvalue weighted by atomic mass is 10.5. The molecule has 2 nitrogen and oxygen atoms in total. The van der Waals surface area contributed by atoms with Gasteiger partial charge in [0.05, 0.1) is 0 Å². The summed E-state index contributed by atoms with van der Waals surface area (Å²) >= 11 is 0. The van der Waals surface area contributed by atoms with E-state index in [1.54, 1.807) is 0 Å². The van der Waals surface area contributed by atoms with Crippen molar-refractivity contribution in [2.45, 2.75) is 6.42 Å². The second kappa shape index (κ2) is 9.33. The lowest BCUT2D eigenvalue weighted by Crippen LogP contribution is -2.07. The molecule has 0 saturated carbocycles. The summed E-state index contributed by atoms with van der Waals surface area (Å²) < 4.78 is 0. The zero-order chi connectivity index (χ0) is 4.83. The summed E-state index contributed by atoms with van der Waals surface area (Å²) in [6, 6.07) is 0. The van der Waals surface area contributed by atoms with E-state index in [0.29, 0.717) is 6.42 Å². The molecule has 0 aliphatic rings. The van der Waals surface area contributed by atoms with Gasteiger partial charge in [0.25, 0.3) is 0 Å². The Hall–Kier alpha value is -0.0800. The highest BCUT2D eigenvalue weighted by molar-refractivity contribution is 5.85. The summed E-state index contributed by atoms with van der Waals surface area (Å²) in [7, 11) is 1.82. The zero-order valence-corrected chi connectivity index (χ0v) is 5.12. The van der Waals surface area contributed by atoms with Gasteiger partial charge >= 0.3 is 0 Å². The van der Waals surface area contributed by atoms with E-state index in [9.17, 15) is 4.79 Å². The van der Waals surface area contributed by atoms with E-state index in [-0.39, 0.29) is 12.4 Å². The number of halogens is 1. The normalized spacial score (nSPS) is 7.00. The molecule has 0 unspecified atom stereocenters. The van der Waals surface area contributed by atoms with Crippen molar-refractivity contribution in [2.24, 2.45) is 0 Å². The molecule has 0 aromatic heterocycles. The minimum atomic E-state index is 0. The van der Waals surface area contributed by atoms with E-state index in [0.717, 1.165) is 12.8 Å². The van der Waals surface area contributed by atoms with Crippen molar-refractivity contribution in [1.82, 2.24) is 5.32 Å². The van der Waals surface area contributed by atoms with Crippen LogP contribution in [0.5, 0.6) is 0 Å². The first-order valence-corrected chi connectivity index (χ1v) is 2.00. The van der Waals surface area contributed by atoms with Crippen LogP contribution in [0.3, 0.4) is 0 Å². The average Bonchev–Trinajstić information content (AvgIpc) is 1.61. The molecule has 0 aliphatic carbocycles. The van der Waals surface area contributed by atoms with Crippen LogP contribution in [0.25, 0.3) is 0 Å². The number of aldehydes is 1. The Kier molecular flexibility index (Phi) is 13.3. The summed E-state index contributed by atoms with van der Waals surface area (Å²) in [6.45, 7) is 0.795. The Morgan fingerprint density at radius 1 is 1.71 bits per heavy atom. The largest absolute Gasteiger partial charge is 0.319 e. The fourth-order valence-corrected chi connectivity index (χ4v) is 0.203. The molecular weight excluding hydrogens is 114 g/mol. The van der Waals surface area contributed by atoms with Gasteiger partial charge in [0, 0.05) is 13.0 Å². The van der Waals surface area contributed by atoms with E-state index < -0.39 is 0 Å². The molecule has 0 radical (unpaired) electrons. The lowest BCUT2D eigenvalue weighted by molar-refractivity contribution is -0.107. The Morgan fingerprint density at radius 2 is 2.29 bits per heavy atom. The quantitative estimate of drug-likeness (QED) is 0.430. The Labute approximate surface area is 49.7 Å². The van der Waals surface area contributed by atoms with Crippen LogP contribution in [0, 0.1) is 0 Å². The molecule has 3 heteroatoms. The first-order chi connectivity index (χ1) is 2.91. The highest BCUT2D eigenvalue weighted by atomic mass is 35.5. The third-order valence-corrected chi connectivity index (χ3v) is 0.512. The van der Waals surface area contributed by atoms with Crippen LogP contribution < -0.4 is 5.32 Å². The molecule has 0 bridgehead atoms. The minimum Gasteiger partial charge on any atom is -0.319 e. The number of nitrogens with one attached hydrogen (secondary N) is 1. The van der Waals surface area contributed by atoms with Crippen LogP contribution in [0.15, 0.2) is 0 Å². The predicted octanol–water partition coefficient (Wildman–Crippen LogP) is 0.217. The van der Waals surface area contributed by atoms with E-state index in [2.05, 4.69) is 5.32 Å². The maximum Gasteiger partial charge on any atom is 0.121 e. The SMILES string of the molecule is CNCCC=O.Cl. The Bertz CT molecular complexity index is 40.7. The molecule has 0 saturated heterocycles. The van der Waals surface area contributed by atoms with Crippen molar-refractivity contribution >= 4 is 18.7 Å². The van der Waals surface area contributed by atoms with Gasteiger partial charge in [0.15, 0.2) is 0 Å². The third kappa shape index (κ3) is 10.7. The van der Waals surface area contributed by atoms with Gasteiger partial charge in [-0.15, -0.1) is 12.4 Å². The van der Waals surface area contributed by atoms with Crippen molar-refractivity contribution in [3.63, 3.8) is 0 Å². The first-order valence-electron chi connectivity index (χ1n) is 2.00. The van der Waals surface area contributed by atoms with Crippen LogP contribution in [0.2, 0.25) is 0 Å². The van der Waals surface area contributed by atoms with E-state index in [4.69, 9.17) is 0 Å². The van der Waals surface area contributed by atoms with Gasteiger partial charge in [-0.3, -0.25) is 0 Å². The summed E-state index contributed by atoms with van der Waals surface area (Å²) in [5.74, 6) is 0. The maximum atomic E-state index is 9.52. The van der Waals surface area contributed by atoms with Crippen LogP contribution in [0.1, 0.15) is 6.42 Å². The topological polar surface area (TPSA) is 29.1 Å². The van der Waals surface area contributed by atoms with Crippen LogP contribution in [0.4, 0.5) is 0 Å². The summed E-state index contributed by atoms with van der Waals surface area (Å²) in [6.07, 6.45) is 1.52. The predicted molar refractivity (Wildman–Crippen MR) is 31.9 cm³/mol. The van der Waals surface area contributed by atoms with E-state index in [1.807, 2.05) is 7.05 Å². The van der Waals surface area contributed by atoms with Crippen LogP contribution >= 0.6 is 12.4 Å². The lowest BCUT2D eigenvalue weighted by Gasteiger charge is -1.84. The fraction of sp³-hybridized carbons (Fsp3) is 0.750. The first kappa shape index (κ1) is 10.0. The molecule has 44 valence electrons. The molecule has 0 heterocycles. The highest BCUT2D eigenvalue weighted by Gasteiger charge is 1.72. The van der Waals surface area contributed by atoms with Gasteiger partial charge in [-0.25, -0.2) is 0 Å². The van der Waals surface area contributed by atoms with Crippen LogP contribution in [-0.2, 0) is 4.79 Å². The number of carbonyl (C=O) groups is 1. The minimum absolute atomic E-state index is 0. The summed E-state index contributed by atoms with van der Waals surface area (Å²) in [4.78, 5) is 9.52. The molecule has 1 N–H and O–H groups in total. The second-order valence-electron chi connectivity index (χ2n) is 1.06. The van der Waals surface area contributed by atoms with Gasteiger partial charge in [0.2, 0.25) is 0 Å². The molecule has 7 heavy (non-hydrogen) atoms. The van der Waals surface area contributed by atoms with Crippen LogP contribution in [-0.4, -0.2) is 19.9 Å². The standard InChI is InChI=1S/C4H9NO.ClH/c1-5-3-2-4-6;/h4-5H,2-3H2,1H3;1H. The molecule has 0 atom stereocenters. The Balaban J connectivity index is 0. The fourth-order valence-electron chi connectivity index (χ4n) is 0.203. The molecular formula is C4H10ClNO. The molecule has 0 aliphatic heterocycles. The van der Waals surface area contributed by atoms with Crippen molar-refractivity contribution in [3.05, 3.63) is 0 Å². The summed E-state index contributed by atoms with van der Waals surface area (Å²) in [5, 5.41) is 2.84. The van der Waals surface area contributed by atoms with Crippen molar-refractivity contribution in [1.29, 1.82) is 0 Å². The molecule has 0 aromatic rings. The maximum absolute atomic E-state index is 9.52. The Morgan fingerprint density at radius 3 is 2.43 bits per heavy atom. The van der Waals surface area contributed by atoms with E-state index in [1.165, 1.54) is 0 Å². The van der Waals surface area contributed by atoms with Gasteiger partial charge in [-0.1, -0.05) is 0 Å². The third-order valence-electron chi connectivity index (χ3n) is 0.512. The van der Waals surface area contributed by atoms with E-state index >= 15 is 0 Å². The van der Waals surface area contributed by atoms with Crippen molar-refractivity contribution in [2.75, 3.05) is 13.6 Å². The van der Waals surface area contributed by atoms with Crippen molar-refractivity contribution in [3.8, 4) is 0 Å². The highest BCUT2D eigenvalue weighted by Crippen LogP contribution is 1.59. The van der Waals surface area contributed by atoms with Gasteiger partial charge in [0.1, 0.15) is 6.29 Å². The number of carbonyl (C=O) groups excluding carboxylic acids is 1. The number of hydrogen-bond acceptors (Lipinski definition) is 2. The number of hydrogen-bond donors (Lipinski definition) is 1. The molecule has 0 amide bonds. The molecule has 0 fully saturated rings. The van der Waals surface area contributed by atoms with Gasteiger partial charge in [-0.2, -0.15) is 0 Å². The molecule has 0 rings (SSSR count). The van der Waals surface area contributed by atoms with Gasteiger partial charge < -0.3 is 10.1 Å². The average molecular weight is 124 g/mol.